The molecule has 0 spiro atoms. The monoisotopic (exact) mass is 317 g/mol. The van der Waals surface area contributed by atoms with Crippen LogP contribution in [0.5, 0.6) is 0 Å². The average molecular weight is 317 g/mol. The summed E-state index contributed by atoms with van der Waals surface area (Å²) >= 11 is 0. The van der Waals surface area contributed by atoms with Gasteiger partial charge in [-0.1, -0.05) is 39.0 Å². The standard InChI is InChI=1S/C17H23N3O3/c1-17(2,3)16(22)18-11-14-12-7-5-6-8-13(12)15(21)20(19-14)9-10-23-4/h5-8H,9-11H2,1-4H3,(H,18,22). The molecule has 0 aliphatic carbocycles. The Morgan fingerprint density at radius 1 is 1.26 bits per heavy atom. The van der Waals surface area contributed by atoms with Crippen LogP contribution in [0.3, 0.4) is 0 Å². The van der Waals surface area contributed by atoms with Gasteiger partial charge in [-0.05, 0) is 6.07 Å². The van der Waals surface area contributed by atoms with Crippen LogP contribution in [0.25, 0.3) is 10.8 Å². The van der Waals surface area contributed by atoms with E-state index in [1.165, 1.54) is 4.68 Å². The largest absolute Gasteiger partial charge is 0.383 e. The zero-order valence-electron chi connectivity index (χ0n) is 14.0. The van der Waals surface area contributed by atoms with Crippen LogP contribution in [-0.2, 0) is 22.6 Å². The van der Waals surface area contributed by atoms with Crippen LogP contribution in [0, 0.1) is 5.41 Å². The lowest BCUT2D eigenvalue weighted by molar-refractivity contribution is -0.128. The zero-order valence-corrected chi connectivity index (χ0v) is 14.0. The molecule has 0 unspecified atom stereocenters. The maximum Gasteiger partial charge on any atom is 0.274 e. The summed E-state index contributed by atoms with van der Waals surface area (Å²) in [5.74, 6) is -0.0574. The first-order chi connectivity index (χ1) is 10.8. The van der Waals surface area contributed by atoms with Gasteiger partial charge in [0, 0.05) is 17.9 Å². The van der Waals surface area contributed by atoms with Gasteiger partial charge in [0.05, 0.1) is 30.8 Å². The molecule has 2 rings (SSSR count). The topological polar surface area (TPSA) is 73.2 Å². The second-order valence-corrected chi connectivity index (χ2v) is 6.45. The highest BCUT2D eigenvalue weighted by molar-refractivity contribution is 5.85. The Labute approximate surface area is 135 Å². The van der Waals surface area contributed by atoms with Gasteiger partial charge >= 0.3 is 0 Å². The van der Waals surface area contributed by atoms with Crippen LogP contribution in [0.15, 0.2) is 29.1 Å². The number of carbonyl (C=O) groups excluding carboxylic acids is 1. The van der Waals surface area contributed by atoms with E-state index in [1.807, 2.05) is 39.0 Å². The molecule has 124 valence electrons. The third-order valence-electron chi connectivity index (χ3n) is 3.55. The smallest absolute Gasteiger partial charge is 0.274 e. The minimum Gasteiger partial charge on any atom is -0.383 e. The Kier molecular flexibility index (Phi) is 5.15. The number of amides is 1. The van der Waals surface area contributed by atoms with E-state index < -0.39 is 5.41 Å². The van der Waals surface area contributed by atoms with Crippen molar-refractivity contribution in [1.82, 2.24) is 15.1 Å². The first-order valence-corrected chi connectivity index (χ1v) is 7.60. The summed E-state index contributed by atoms with van der Waals surface area (Å²) in [6.45, 7) is 6.62. The molecule has 0 aliphatic rings. The lowest BCUT2D eigenvalue weighted by Crippen LogP contribution is -2.35. The maximum atomic E-state index is 12.4. The van der Waals surface area contributed by atoms with Gasteiger partial charge < -0.3 is 10.1 Å². The molecule has 0 atom stereocenters. The van der Waals surface area contributed by atoms with Crippen molar-refractivity contribution < 1.29 is 9.53 Å². The maximum absolute atomic E-state index is 12.4. The number of methoxy groups -OCH3 is 1. The van der Waals surface area contributed by atoms with Crippen molar-refractivity contribution in [3.63, 3.8) is 0 Å². The van der Waals surface area contributed by atoms with Crippen LogP contribution < -0.4 is 10.9 Å². The highest BCUT2D eigenvalue weighted by Crippen LogP contribution is 2.15. The number of hydrogen-bond acceptors (Lipinski definition) is 4. The summed E-state index contributed by atoms with van der Waals surface area (Å²) in [5.41, 5.74) is 0.0535. The molecule has 0 saturated carbocycles. The van der Waals surface area contributed by atoms with Gasteiger partial charge in [-0.2, -0.15) is 5.10 Å². The minimum absolute atomic E-state index is 0.0574. The second-order valence-electron chi connectivity index (χ2n) is 6.45. The van der Waals surface area contributed by atoms with E-state index in [0.29, 0.717) is 24.2 Å². The number of hydrogen-bond donors (Lipinski definition) is 1. The first kappa shape index (κ1) is 17.1. The highest BCUT2D eigenvalue weighted by Gasteiger charge is 2.21. The molecular formula is C17H23N3O3. The van der Waals surface area contributed by atoms with Gasteiger partial charge in [0.1, 0.15) is 0 Å². The van der Waals surface area contributed by atoms with Crippen molar-refractivity contribution in [3.8, 4) is 0 Å². The van der Waals surface area contributed by atoms with E-state index in [1.54, 1.807) is 13.2 Å². The molecule has 6 nitrogen and oxygen atoms in total. The molecule has 2 aromatic rings. The Morgan fingerprint density at radius 2 is 1.91 bits per heavy atom. The van der Waals surface area contributed by atoms with E-state index in [0.717, 1.165) is 5.39 Å². The molecule has 6 heteroatoms. The van der Waals surface area contributed by atoms with Crippen molar-refractivity contribution in [2.75, 3.05) is 13.7 Å². The van der Waals surface area contributed by atoms with Crippen LogP contribution in [0.1, 0.15) is 26.5 Å². The van der Waals surface area contributed by atoms with Crippen molar-refractivity contribution in [3.05, 3.63) is 40.3 Å². The number of carbonyl (C=O) groups is 1. The van der Waals surface area contributed by atoms with Gasteiger partial charge in [0.25, 0.3) is 5.56 Å². The fraction of sp³-hybridized carbons (Fsp3) is 0.471. The molecule has 1 N–H and O–H groups in total. The fourth-order valence-electron chi connectivity index (χ4n) is 2.19. The number of aromatic nitrogens is 2. The predicted octanol–water partition coefficient (Wildman–Crippen LogP) is 1.71. The molecular weight excluding hydrogens is 294 g/mol. The molecule has 0 bridgehead atoms. The number of nitrogens with zero attached hydrogens (tertiary/aromatic N) is 2. The van der Waals surface area contributed by atoms with Gasteiger partial charge in [0.15, 0.2) is 0 Å². The van der Waals surface area contributed by atoms with Gasteiger partial charge in [-0.3, -0.25) is 9.59 Å². The predicted molar refractivity (Wildman–Crippen MR) is 89.2 cm³/mol. The van der Waals surface area contributed by atoms with Crippen molar-refractivity contribution in [2.24, 2.45) is 5.41 Å². The van der Waals surface area contributed by atoms with Gasteiger partial charge in [-0.25, -0.2) is 4.68 Å². The fourth-order valence-corrected chi connectivity index (χ4v) is 2.19. The average Bonchev–Trinajstić information content (AvgIpc) is 2.52. The Bertz CT molecular complexity index is 760. The van der Waals surface area contributed by atoms with Gasteiger partial charge in [0.2, 0.25) is 5.91 Å². The lowest BCUT2D eigenvalue weighted by Gasteiger charge is -2.18. The van der Waals surface area contributed by atoms with Crippen LogP contribution >= 0.6 is 0 Å². The molecule has 23 heavy (non-hydrogen) atoms. The van der Waals surface area contributed by atoms with E-state index in [9.17, 15) is 9.59 Å². The number of fused-ring (bicyclic) bond motifs is 1. The van der Waals surface area contributed by atoms with Gasteiger partial charge in [-0.15, -0.1) is 0 Å². The number of benzene rings is 1. The Hall–Kier alpha value is -2.21. The first-order valence-electron chi connectivity index (χ1n) is 7.60. The molecule has 0 radical (unpaired) electrons. The second kappa shape index (κ2) is 6.91. The van der Waals surface area contributed by atoms with Crippen molar-refractivity contribution >= 4 is 16.7 Å². The lowest BCUT2D eigenvalue weighted by atomic mass is 9.95. The summed E-state index contributed by atoms with van der Waals surface area (Å²) in [6, 6.07) is 7.31. The van der Waals surface area contributed by atoms with Crippen LogP contribution in [-0.4, -0.2) is 29.4 Å². The van der Waals surface area contributed by atoms with Crippen LogP contribution in [0.4, 0.5) is 0 Å². The molecule has 0 fully saturated rings. The van der Waals surface area contributed by atoms with E-state index in [2.05, 4.69) is 10.4 Å². The molecule has 1 aromatic heterocycles. The summed E-state index contributed by atoms with van der Waals surface area (Å²) in [7, 11) is 1.58. The normalized spacial score (nSPS) is 11.7. The van der Waals surface area contributed by atoms with E-state index in [4.69, 9.17) is 4.74 Å². The number of nitrogens with one attached hydrogen (secondary N) is 1. The third-order valence-corrected chi connectivity index (χ3v) is 3.55. The Balaban J connectivity index is 2.39. The summed E-state index contributed by atoms with van der Waals surface area (Å²) in [5, 5.41) is 8.65. The number of rotatable bonds is 5. The summed E-state index contributed by atoms with van der Waals surface area (Å²) < 4.78 is 6.42. The molecule has 1 heterocycles. The minimum atomic E-state index is -0.472. The zero-order chi connectivity index (χ0) is 17.0. The summed E-state index contributed by atoms with van der Waals surface area (Å²) in [6.07, 6.45) is 0. The highest BCUT2D eigenvalue weighted by atomic mass is 16.5. The molecule has 0 saturated heterocycles. The van der Waals surface area contributed by atoms with Crippen molar-refractivity contribution in [2.45, 2.75) is 33.9 Å². The number of ether oxygens (including phenoxy) is 1. The summed E-state index contributed by atoms with van der Waals surface area (Å²) in [4.78, 5) is 24.5. The SMILES string of the molecule is COCCn1nc(CNC(=O)C(C)(C)C)c2ccccc2c1=O. The molecule has 1 aromatic carbocycles. The van der Waals surface area contributed by atoms with Crippen LogP contribution in [0.2, 0.25) is 0 Å². The van der Waals surface area contributed by atoms with Crippen molar-refractivity contribution in [1.29, 1.82) is 0 Å². The Morgan fingerprint density at radius 3 is 2.52 bits per heavy atom. The molecule has 0 aliphatic heterocycles. The van der Waals surface area contributed by atoms with E-state index >= 15 is 0 Å². The molecule has 1 amide bonds. The van der Waals surface area contributed by atoms with E-state index in [-0.39, 0.29) is 18.0 Å². The third kappa shape index (κ3) is 3.96. The quantitative estimate of drug-likeness (QED) is 0.911.